The van der Waals surface area contributed by atoms with Crippen molar-refractivity contribution in [2.45, 2.75) is 104 Å². The van der Waals surface area contributed by atoms with Crippen molar-refractivity contribution < 1.29 is 18.9 Å². The number of tetrazole rings is 1. The average molecular weight is 689 g/mol. The van der Waals surface area contributed by atoms with Gasteiger partial charge in [-0.2, -0.15) is 0 Å². The summed E-state index contributed by atoms with van der Waals surface area (Å²) in [7, 11) is 1.71. The predicted octanol–water partition coefficient (Wildman–Crippen LogP) is 5.49. The maximum absolute atomic E-state index is 6.34. The summed E-state index contributed by atoms with van der Waals surface area (Å²) in [5, 5.41) is 19.7. The molecule has 14 heteroatoms. The molecule has 4 heterocycles. The van der Waals surface area contributed by atoms with Gasteiger partial charge in [0.15, 0.2) is 0 Å². The second kappa shape index (κ2) is 15.8. The number of aryl methyl sites for hydroxylation is 1. The molecule has 4 aromatic rings. The van der Waals surface area contributed by atoms with Crippen LogP contribution in [0.25, 0.3) is 11.1 Å². The average Bonchev–Trinajstić information content (AvgIpc) is 3.75. The number of nitrogens with zero attached hydrogens (tertiary/aromatic N) is 9. The quantitative estimate of drug-likeness (QED) is 0.179. The Morgan fingerprint density at radius 2 is 1.72 bits per heavy atom. The highest BCUT2D eigenvalue weighted by Gasteiger charge is 2.32. The Labute approximate surface area is 294 Å². The van der Waals surface area contributed by atoms with Crippen LogP contribution in [0.2, 0.25) is 0 Å². The van der Waals surface area contributed by atoms with Crippen molar-refractivity contribution in [3.8, 4) is 22.8 Å². The van der Waals surface area contributed by atoms with E-state index >= 15 is 0 Å². The monoisotopic (exact) mass is 688 g/mol. The maximum atomic E-state index is 6.34. The van der Waals surface area contributed by atoms with Crippen LogP contribution in [0.15, 0.2) is 43.1 Å². The van der Waals surface area contributed by atoms with Gasteiger partial charge in [0, 0.05) is 49.6 Å². The lowest BCUT2D eigenvalue weighted by atomic mass is 9.89. The number of rotatable bonds is 14. The normalized spacial score (nSPS) is 22.3. The smallest absolute Gasteiger partial charge is 0.256 e. The molecule has 14 nitrogen and oxygen atoms in total. The number of methoxy groups -OCH3 is 1. The Kier molecular flexibility index (Phi) is 11.3. The van der Waals surface area contributed by atoms with E-state index in [4.69, 9.17) is 24.0 Å². The predicted molar refractivity (Wildman–Crippen MR) is 190 cm³/mol. The summed E-state index contributed by atoms with van der Waals surface area (Å²) in [6.07, 6.45) is 12.1. The van der Waals surface area contributed by atoms with E-state index in [1.165, 1.54) is 0 Å². The fourth-order valence-electron chi connectivity index (χ4n) is 7.00. The van der Waals surface area contributed by atoms with Crippen LogP contribution in [0.3, 0.4) is 0 Å². The van der Waals surface area contributed by atoms with Gasteiger partial charge >= 0.3 is 0 Å². The zero-order valence-corrected chi connectivity index (χ0v) is 30.5. The molecule has 2 aliphatic rings. The van der Waals surface area contributed by atoms with E-state index in [-0.39, 0.29) is 23.7 Å². The topological polar surface area (TPSA) is 139 Å². The molecule has 270 valence electrons. The maximum Gasteiger partial charge on any atom is 0.256 e. The minimum atomic E-state index is -0.180. The summed E-state index contributed by atoms with van der Waals surface area (Å²) in [6, 6.07) is 6.99. The Hall–Kier alpha value is -4.14. The Balaban J connectivity index is 1.14. The van der Waals surface area contributed by atoms with Crippen LogP contribution >= 0.6 is 0 Å². The second-order valence-electron chi connectivity index (χ2n) is 14.7. The van der Waals surface area contributed by atoms with E-state index in [0.29, 0.717) is 43.7 Å². The van der Waals surface area contributed by atoms with E-state index < -0.39 is 0 Å². The van der Waals surface area contributed by atoms with E-state index in [1.807, 2.05) is 50.6 Å². The molecule has 1 saturated heterocycles. The van der Waals surface area contributed by atoms with Gasteiger partial charge in [0.25, 0.3) is 5.88 Å². The minimum Gasteiger partial charge on any atom is -0.488 e. The van der Waals surface area contributed by atoms with Crippen molar-refractivity contribution in [2.75, 3.05) is 38.7 Å². The molecule has 1 aliphatic heterocycles. The van der Waals surface area contributed by atoms with Gasteiger partial charge in [-0.1, -0.05) is 26.0 Å². The fourth-order valence-corrected chi connectivity index (χ4v) is 7.00. The molecule has 0 spiro atoms. The standard InChI is InChI=1S/C36H52N10O4/c1-24-8-9-28(14-33(24)50-27(4)19-45-23-39-42-43-45)29-15-37-35(38-16-29)40-32-20-46(41-34(32)48-22-36(5,6)21-47-7)31-12-10-30(11-13-31)44-17-25(2)49-26(3)18-44/h8-9,14-16,20,23,25-27,30-31H,10-13,17-19,21-22H2,1-7H3,(H,37,38,40)/t25-,26+,27-,30?,31?/m0/s1. The molecule has 1 N–H and O–H groups in total. The van der Waals surface area contributed by atoms with E-state index in [1.54, 1.807) is 18.1 Å². The molecule has 1 aliphatic carbocycles. The zero-order chi connectivity index (χ0) is 35.3. The van der Waals surface area contributed by atoms with Crippen LogP contribution in [0.5, 0.6) is 11.6 Å². The van der Waals surface area contributed by atoms with Crippen molar-refractivity contribution in [3.63, 3.8) is 0 Å². The summed E-state index contributed by atoms with van der Waals surface area (Å²) in [4.78, 5) is 12.0. The van der Waals surface area contributed by atoms with Gasteiger partial charge in [-0.15, -0.1) is 10.2 Å². The van der Waals surface area contributed by atoms with Crippen LogP contribution < -0.4 is 14.8 Å². The molecule has 50 heavy (non-hydrogen) atoms. The molecule has 2 fully saturated rings. The molecular formula is C36H52N10O4. The molecule has 0 amide bonds. The number of anilines is 2. The Morgan fingerprint density at radius 1 is 1.00 bits per heavy atom. The van der Waals surface area contributed by atoms with E-state index in [9.17, 15) is 0 Å². The van der Waals surface area contributed by atoms with Crippen LogP contribution in [0.4, 0.5) is 11.6 Å². The summed E-state index contributed by atoms with van der Waals surface area (Å²) < 4.78 is 27.7. The first-order valence-corrected chi connectivity index (χ1v) is 17.7. The number of hydrogen-bond acceptors (Lipinski definition) is 12. The third-order valence-electron chi connectivity index (χ3n) is 9.42. The highest BCUT2D eigenvalue weighted by atomic mass is 16.5. The van der Waals surface area contributed by atoms with Gasteiger partial charge in [0.1, 0.15) is 23.9 Å². The fraction of sp³-hybridized carbons (Fsp3) is 0.611. The Bertz CT molecular complexity index is 1640. The lowest BCUT2D eigenvalue weighted by Crippen LogP contribution is -2.51. The highest BCUT2D eigenvalue weighted by molar-refractivity contribution is 5.66. The second-order valence-corrected chi connectivity index (χ2v) is 14.7. The number of ether oxygens (including phenoxy) is 4. The molecule has 1 aromatic carbocycles. The van der Waals surface area contributed by atoms with E-state index in [2.05, 4.69) is 68.1 Å². The molecule has 0 radical (unpaired) electrons. The van der Waals surface area contributed by atoms with Crippen molar-refractivity contribution >= 4 is 11.6 Å². The van der Waals surface area contributed by atoms with Crippen molar-refractivity contribution in [1.82, 2.24) is 44.9 Å². The van der Waals surface area contributed by atoms with Gasteiger partial charge in [-0.25, -0.2) is 14.6 Å². The number of aromatic nitrogens is 8. The zero-order valence-electron chi connectivity index (χ0n) is 30.5. The largest absolute Gasteiger partial charge is 0.488 e. The lowest BCUT2D eigenvalue weighted by molar-refractivity contribution is -0.0852. The summed E-state index contributed by atoms with van der Waals surface area (Å²) in [6.45, 7) is 16.2. The molecule has 3 atom stereocenters. The van der Waals surface area contributed by atoms with Crippen molar-refractivity contribution in [2.24, 2.45) is 5.41 Å². The highest BCUT2D eigenvalue weighted by Crippen LogP contribution is 2.36. The number of hydrogen-bond donors (Lipinski definition) is 1. The number of morpholine rings is 1. The van der Waals surface area contributed by atoms with Gasteiger partial charge < -0.3 is 24.3 Å². The van der Waals surface area contributed by atoms with Gasteiger partial charge in [0.05, 0.1) is 44.2 Å². The number of benzene rings is 1. The van der Waals surface area contributed by atoms with Gasteiger partial charge in [-0.05, 0) is 81.0 Å². The van der Waals surface area contributed by atoms with Crippen molar-refractivity contribution in [3.05, 3.63) is 48.7 Å². The SMILES string of the molecule is COCC(C)(C)COc1nn(C2CCC(N3C[C@@H](C)O[C@@H](C)C3)CC2)cc1Nc1ncc(-c2ccc(C)c(O[C@@H](C)Cn3cnnn3)c2)cn1. The van der Waals surface area contributed by atoms with E-state index in [0.717, 1.165) is 66.9 Å². The Morgan fingerprint density at radius 3 is 2.40 bits per heavy atom. The molecule has 0 unspecified atom stereocenters. The number of nitrogens with one attached hydrogen (secondary N) is 1. The van der Waals surface area contributed by atoms with Gasteiger partial charge in [-0.3, -0.25) is 9.58 Å². The van der Waals surface area contributed by atoms with Gasteiger partial charge in [0.2, 0.25) is 5.95 Å². The third-order valence-corrected chi connectivity index (χ3v) is 9.42. The molecule has 6 rings (SSSR count). The van der Waals surface area contributed by atoms with Crippen LogP contribution in [-0.2, 0) is 16.0 Å². The lowest BCUT2D eigenvalue weighted by Gasteiger charge is -2.42. The summed E-state index contributed by atoms with van der Waals surface area (Å²) in [5.41, 5.74) is 3.43. The first-order valence-electron chi connectivity index (χ1n) is 17.7. The molecule has 3 aromatic heterocycles. The third kappa shape index (κ3) is 9.15. The van der Waals surface area contributed by atoms with Crippen LogP contribution in [0.1, 0.15) is 71.9 Å². The first kappa shape index (κ1) is 35.7. The van der Waals surface area contributed by atoms with Crippen molar-refractivity contribution in [1.29, 1.82) is 0 Å². The summed E-state index contributed by atoms with van der Waals surface area (Å²) in [5.74, 6) is 1.79. The summed E-state index contributed by atoms with van der Waals surface area (Å²) >= 11 is 0. The molecule has 1 saturated carbocycles. The molecular weight excluding hydrogens is 636 g/mol. The minimum absolute atomic E-state index is 0.125. The van der Waals surface area contributed by atoms with Crippen LogP contribution in [0, 0.1) is 12.3 Å². The molecule has 0 bridgehead atoms. The first-order chi connectivity index (χ1) is 24.0. The van der Waals surface area contributed by atoms with Crippen LogP contribution in [-0.4, -0.2) is 103 Å².